The number of aromatic nitrogens is 12. The molecule has 25 heteroatoms. The molecule has 6 aromatic heterocycles. The van der Waals surface area contributed by atoms with Gasteiger partial charge in [0, 0.05) is 11.1 Å². The predicted octanol–water partition coefficient (Wildman–Crippen LogP) is 9.28. The van der Waals surface area contributed by atoms with Crippen molar-refractivity contribution in [1.82, 2.24) is 59.0 Å². The molecule has 0 fully saturated rings. The van der Waals surface area contributed by atoms with Crippen LogP contribution in [0.25, 0.3) is 77.8 Å². The third-order valence-corrected chi connectivity index (χ3v) is 12.8. The molecule has 6 aromatic carbocycles. The highest BCUT2D eigenvalue weighted by atomic mass is 19.2. The zero-order valence-corrected chi connectivity index (χ0v) is 42.8. The third-order valence-electron chi connectivity index (χ3n) is 12.8. The van der Waals surface area contributed by atoms with Gasteiger partial charge in [0.05, 0.1) is 53.1 Å². The van der Waals surface area contributed by atoms with Gasteiger partial charge in [-0.25, -0.2) is 52.1 Å². The normalized spacial score (nSPS) is 12.0. The fourth-order valence-electron chi connectivity index (χ4n) is 9.02. The number of halogens is 6. The van der Waals surface area contributed by atoms with Gasteiger partial charge in [-0.05, 0) is 86.6 Å². The first-order chi connectivity index (χ1) is 39.0. The zero-order valence-electron chi connectivity index (χ0n) is 42.8. The number of anilines is 2. The van der Waals surface area contributed by atoms with Crippen LogP contribution in [0.2, 0.25) is 0 Å². The number of aromatic amines is 1. The summed E-state index contributed by atoms with van der Waals surface area (Å²) < 4.78 is 100. The quantitative estimate of drug-likeness (QED) is 0.0982. The van der Waals surface area contributed by atoms with Crippen molar-refractivity contribution in [2.24, 2.45) is 0 Å². The van der Waals surface area contributed by atoms with Gasteiger partial charge >= 0.3 is 0 Å². The molecule has 12 aromatic rings. The summed E-state index contributed by atoms with van der Waals surface area (Å²) in [5, 5.41) is 21.2. The number of nitrogens with zero attached hydrogens (tertiary/aromatic N) is 11. The van der Waals surface area contributed by atoms with Crippen LogP contribution in [0.1, 0.15) is 37.6 Å². The first-order valence-corrected chi connectivity index (χ1v) is 24.2. The number of nitrogens with one attached hydrogen (secondary N) is 1. The number of benzene rings is 6. The molecule has 12 rings (SSSR count). The summed E-state index contributed by atoms with van der Waals surface area (Å²) in [6.07, 6.45) is 1.50. The fraction of sp³-hybridized carbons (Fsp3) is 0.107. The molecule has 0 aliphatic heterocycles. The maximum atomic E-state index is 15.2. The number of ether oxygens (including phenoxy) is 2. The second-order valence-corrected chi connectivity index (χ2v) is 17.7. The molecule has 0 bridgehead atoms. The molecule has 6 N–H and O–H groups in total. The number of aliphatic hydroxyl groups is 1. The lowest BCUT2D eigenvalue weighted by Gasteiger charge is -2.19. The van der Waals surface area contributed by atoms with Crippen molar-refractivity contribution in [3.05, 3.63) is 201 Å². The molecule has 408 valence electrons. The smallest absolute Gasteiger partial charge is 0.269 e. The lowest BCUT2D eigenvalue weighted by molar-refractivity contribution is 0.186. The van der Waals surface area contributed by atoms with E-state index in [9.17, 15) is 36.6 Å². The number of para-hydroxylation sites is 2. The minimum atomic E-state index is -1.19. The Labute approximate surface area is 452 Å². The predicted molar refractivity (Wildman–Crippen MR) is 289 cm³/mol. The molecular weight excluding hydrogens is 1060 g/mol. The number of nitrogens with two attached hydrogens (primary N) is 2. The molecule has 19 nitrogen and oxygen atoms in total. The summed E-state index contributed by atoms with van der Waals surface area (Å²) >= 11 is 0. The minimum Gasteiger partial charge on any atom is -0.494 e. The van der Waals surface area contributed by atoms with Gasteiger partial charge in [-0.1, -0.05) is 48.5 Å². The highest BCUT2D eigenvalue weighted by Gasteiger charge is 2.29. The zero-order chi connectivity index (χ0) is 57.4. The number of rotatable bonds is 9. The topological polar surface area (TPSA) is 259 Å². The molecule has 0 radical (unpaired) electrons. The van der Waals surface area contributed by atoms with Crippen molar-refractivity contribution in [2.45, 2.75) is 26.0 Å². The average molecular weight is 1110 g/mol. The molecule has 0 saturated heterocycles. The first-order valence-electron chi connectivity index (χ1n) is 24.2. The molecule has 0 saturated carbocycles. The van der Waals surface area contributed by atoms with Crippen LogP contribution in [0.15, 0.2) is 144 Å². The van der Waals surface area contributed by atoms with Crippen LogP contribution < -0.4 is 32.1 Å². The van der Waals surface area contributed by atoms with Crippen molar-refractivity contribution < 1.29 is 40.9 Å². The molecule has 0 unspecified atom stereocenters. The number of fused-ring (bicyclic) bond motifs is 4. The number of H-pyrrole nitrogens is 1. The Hall–Kier alpha value is -10.6. The highest BCUT2D eigenvalue weighted by Crippen LogP contribution is 2.38. The summed E-state index contributed by atoms with van der Waals surface area (Å²) in [6.45, 7) is 3.22. The van der Waals surface area contributed by atoms with E-state index in [0.717, 1.165) is 0 Å². The summed E-state index contributed by atoms with van der Waals surface area (Å²) in [5.74, 6) is -5.80. The summed E-state index contributed by atoms with van der Waals surface area (Å²) in [7, 11) is 2.48. The van der Waals surface area contributed by atoms with E-state index in [0.29, 0.717) is 16.8 Å². The largest absolute Gasteiger partial charge is 0.494 e. The van der Waals surface area contributed by atoms with Crippen molar-refractivity contribution in [2.75, 3.05) is 25.7 Å². The van der Waals surface area contributed by atoms with Crippen molar-refractivity contribution in [3.8, 4) is 45.4 Å². The van der Waals surface area contributed by atoms with Crippen molar-refractivity contribution in [3.63, 3.8) is 0 Å². The van der Waals surface area contributed by atoms with Gasteiger partial charge in [0.1, 0.15) is 76.2 Å². The number of aliphatic hydroxyl groups excluding tert-OH is 1. The molecule has 2 atom stereocenters. The second kappa shape index (κ2) is 22.1. The van der Waals surface area contributed by atoms with Gasteiger partial charge in [0.25, 0.3) is 11.1 Å². The van der Waals surface area contributed by atoms with E-state index < -0.39 is 58.2 Å². The van der Waals surface area contributed by atoms with E-state index in [1.807, 2.05) is 6.07 Å². The van der Waals surface area contributed by atoms with E-state index in [2.05, 4.69) is 45.2 Å². The Morgan fingerprint density at radius 1 is 0.556 bits per heavy atom. The highest BCUT2D eigenvalue weighted by molar-refractivity contribution is 5.99. The summed E-state index contributed by atoms with van der Waals surface area (Å²) in [6, 6.07) is 30.3. The van der Waals surface area contributed by atoms with Crippen LogP contribution in [0.3, 0.4) is 0 Å². The Balaban J connectivity index is 0.000000151. The monoisotopic (exact) mass is 1100 g/mol. The minimum absolute atomic E-state index is 0.0110. The van der Waals surface area contributed by atoms with E-state index in [-0.39, 0.29) is 95.8 Å². The summed E-state index contributed by atoms with van der Waals surface area (Å²) in [5.41, 5.74) is 12.6. The van der Waals surface area contributed by atoms with Gasteiger partial charge in [-0.3, -0.25) is 23.8 Å². The van der Waals surface area contributed by atoms with Crippen LogP contribution in [0.4, 0.5) is 38.0 Å². The number of hydrogen-bond acceptors (Lipinski definition) is 15. The van der Waals surface area contributed by atoms with Crippen molar-refractivity contribution in [1.29, 1.82) is 0 Å². The molecule has 0 spiro atoms. The number of methoxy groups -OCH3 is 2. The lowest BCUT2D eigenvalue weighted by Crippen LogP contribution is -2.28. The lowest BCUT2D eigenvalue weighted by atomic mass is 10.1. The molecule has 0 amide bonds. The van der Waals surface area contributed by atoms with Crippen LogP contribution in [0, 0.1) is 34.9 Å². The van der Waals surface area contributed by atoms with Gasteiger partial charge in [-0.2, -0.15) is 19.0 Å². The number of nitrogen functional groups attached to an aromatic ring is 2. The molecule has 0 aliphatic rings. The molecule has 6 heterocycles. The molecule has 0 aliphatic carbocycles. The maximum Gasteiger partial charge on any atom is 0.269 e. The Morgan fingerprint density at radius 3 is 1.59 bits per heavy atom. The fourth-order valence-corrected chi connectivity index (χ4v) is 9.02. The van der Waals surface area contributed by atoms with Crippen LogP contribution in [-0.4, -0.2) is 78.3 Å². The third kappa shape index (κ3) is 9.70. The van der Waals surface area contributed by atoms with Gasteiger partial charge in [-0.15, -0.1) is 0 Å². The number of hydrogen-bond donors (Lipinski definition) is 4. The second-order valence-electron chi connectivity index (χ2n) is 17.7. The van der Waals surface area contributed by atoms with Gasteiger partial charge in [0.2, 0.25) is 11.6 Å². The van der Waals surface area contributed by atoms with E-state index >= 15 is 4.39 Å². The molecule has 81 heavy (non-hydrogen) atoms. The Bertz CT molecular complexity index is 4500. The van der Waals surface area contributed by atoms with E-state index in [4.69, 9.17) is 20.9 Å². The van der Waals surface area contributed by atoms with Gasteiger partial charge < -0.3 is 26.0 Å². The van der Waals surface area contributed by atoms with E-state index in [1.54, 1.807) is 67.6 Å². The molecular formula is C56H42F6N14O5. The average Bonchev–Trinajstić information content (AvgIpc) is 4.11. The SMILES string of the molecule is COc1ccc(-c2[nH]nc3ncnc(N)c23)c(F)c1F.COc1ccc(-c2nn([C@H](C)c3nc4cccc(F)c4c(=O)n3-c3ccccc3)c3ncnc(N)c23)c(F)c1F.C[C@H](O)c1nc2cccc(F)c2c(=O)n1-c1ccccc1. The van der Waals surface area contributed by atoms with Crippen LogP contribution in [0.5, 0.6) is 11.5 Å². The maximum absolute atomic E-state index is 15.2. The van der Waals surface area contributed by atoms with Gasteiger partial charge in [0.15, 0.2) is 34.4 Å². The standard InChI is InChI=1S/C28H20F3N7O2.C16H13FN2O2.C12H9F2N5O/c1-14(26-35-18-10-6-9-17(29)20(18)28(39)37(26)15-7-4-3-5-8-15)38-27-21(25(32)33-13-34-27)24(36-38)16-11-12-19(40-2)23(31)22(16)30;1-10(20)15-18-13-9-5-8-12(17)14(13)16(21)19(15)11-6-3-2-4-7-11;1-20-6-3-2-5(8(13)9(6)14)10-7-11(15)16-4-17-12(7)19-18-10/h3-14H,1-2H3,(H2,32,33,34);2-10,20H,1H3;2-4H,1H3,(H3,15,16,17,18,19)/t14-;10-;/m10./s1. The van der Waals surface area contributed by atoms with Crippen molar-refractivity contribution >= 4 is 55.5 Å². The Morgan fingerprint density at radius 2 is 1.05 bits per heavy atom. The Kier molecular flexibility index (Phi) is 14.7. The summed E-state index contributed by atoms with van der Waals surface area (Å²) in [4.78, 5) is 51.3. The van der Waals surface area contributed by atoms with Crippen LogP contribution in [-0.2, 0) is 0 Å². The van der Waals surface area contributed by atoms with Crippen LogP contribution >= 0.6 is 0 Å². The van der Waals surface area contributed by atoms with E-state index in [1.165, 1.54) is 102 Å². The first kappa shape index (κ1) is 53.8.